The number of hydrogen-bond acceptors (Lipinski definition) is 5. The predicted molar refractivity (Wildman–Crippen MR) is 164 cm³/mol. The number of benzene rings is 3. The molecule has 0 bridgehead atoms. The summed E-state index contributed by atoms with van der Waals surface area (Å²) in [5, 5.41) is 0.951. The molecule has 212 valence electrons. The van der Waals surface area contributed by atoms with E-state index in [-0.39, 0.29) is 11.4 Å². The van der Waals surface area contributed by atoms with Gasteiger partial charge in [-0.25, -0.2) is 14.2 Å². The highest BCUT2D eigenvalue weighted by molar-refractivity contribution is 7.07. The van der Waals surface area contributed by atoms with Crippen LogP contribution in [-0.2, 0) is 16.1 Å². The van der Waals surface area contributed by atoms with Crippen LogP contribution >= 0.6 is 11.3 Å². The molecule has 8 heteroatoms. The molecule has 0 spiro atoms. The largest absolute Gasteiger partial charge is 0.466 e. The highest BCUT2D eigenvalue weighted by atomic mass is 32.1. The molecule has 42 heavy (non-hydrogen) atoms. The molecular weight excluding hydrogens is 549 g/mol. The summed E-state index contributed by atoms with van der Waals surface area (Å²) in [7, 11) is 1.34. The number of ether oxygens (including phenoxy) is 1. The van der Waals surface area contributed by atoms with Crippen molar-refractivity contribution in [2.24, 2.45) is 4.99 Å². The Morgan fingerprint density at radius 3 is 2.50 bits per heavy atom. The van der Waals surface area contributed by atoms with Crippen LogP contribution in [0.3, 0.4) is 0 Å². The smallest absolute Gasteiger partial charge is 0.338 e. The number of aromatic nitrogens is 2. The zero-order valence-electron chi connectivity index (χ0n) is 23.8. The Kier molecular flexibility index (Phi) is 7.24. The van der Waals surface area contributed by atoms with E-state index in [0.717, 1.165) is 22.0 Å². The Morgan fingerprint density at radius 1 is 1.07 bits per heavy atom. The minimum absolute atomic E-state index is 0.239. The normalized spacial score (nSPS) is 15.3. The van der Waals surface area contributed by atoms with Crippen LogP contribution in [0.2, 0.25) is 0 Å². The minimum atomic E-state index is -0.667. The van der Waals surface area contributed by atoms with Gasteiger partial charge in [-0.05, 0) is 42.2 Å². The first-order chi connectivity index (χ1) is 20.3. The van der Waals surface area contributed by atoms with Crippen LogP contribution < -0.4 is 14.9 Å². The number of nitrogens with zero attached hydrogens (tertiary/aromatic N) is 3. The molecule has 0 radical (unpaired) electrons. The number of halogens is 1. The molecule has 0 saturated heterocycles. The second kappa shape index (κ2) is 11.0. The second-order valence-electron chi connectivity index (χ2n) is 10.7. The summed E-state index contributed by atoms with van der Waals surface area (Å²) in [5.41, 5.74) is 4.96. The average Bonchev–Trinajstić information content (AvgIpc) is 3.49. The molecule has 0 saturated carbocycles. The van der Waals surface area contributed by atoms with Crippen LogP contribution in [0.25, 0.3) is 17.0 Å². The molecule has 0 fully saturated rings. The van der Waals surface area contributed by atoms with Crippen molar-refractivity contribution >= 4 is 34.3 Å². The number of rotatable bonds is 6. The molecule has 3 heterocycles. The van der Waals surface area contributed by atoms with E-state index in [0.29, 0.717) is 38.6 Å². The fourth-order valence-corrected chi connectivity index (χ4v) is 6.58. The van der Waals surface area contributed by atoms with Gasteiger partial charge in [0.15, 0.2) is 4.80 Å². The monoisotopic (exact) mass is 579 g/mol. The number of methoxy groups -OCH3 is 1. The predicted octanol–water partition coefficient (Wildman–Crippen LogP) is 5.67. The van der Waals surface area contributed by atoms with E-state index < -0.39 is 12.0 Å². The van der Waals surface area contributed by atoms with E-state index in [9.17, 15) is 14.0 Å². The highest BCUT2D eigenvalue weighted by Crippen LogP contribution is 2.31. The molecule has 0 N–H and O–H groups in total. The molecule has 6 rings (SSSR count). The van der Waals surface area contributed by atoms with Crippen LogP contribution in [0.1, 0.15) is 55.0 Å². The minimum Gasteiger partial charge on any atom is -0.466 e. The number of para-hydroxylation sites is 1. The van der Waals surface area contributed by atoms with E-state index in [4.69, 9.17) is 4.74 Å². The van der Waals surface area contributed by atoms with E-state index in [1.807, 2.05) is 71.4 Å². The SMILES string of the molecule is COC(=O)C1=C(C)N=c2s/c(=C\c3cn(Cc4ccccc4F)c4ccccc34)c(=O)n2[C@@H]1c1ccc(C(C)C)cc1. The van der Waals surface area contributed by atoms with Gasteiger partial charge in [-0.15, -0.1) is 0 Å². The topological polar surface area (TPSA) is 65.6 Å². The average molecular weight is 580 g/mol. The first-order valence-corrected chi connectivity index (χ1v) is 14.6. The number of hydrogen-bond donors (Lipinski definition) is 0. The van der Waals surface area contributed by atoms with Gasteiger partial charge in [0, 0.05) is 28.2 Å². The van der Waals surface area contributed by atoms with Gasteiger partial charge in [0.25, 0.3) is 5.56 Å². The van der Waals surface area contributed by atoms with Gasteiger partial charge in [-0.2, -0.15) is 0 Å². The van der Waals surface area contributed by atoms with Crippen molar-refractivity contribution in [2.75, 3.05) is 7.11 Å². The number of thiazole rings is 1. The van der Waals surface area contributed by atoms with Gasteiger partial charge in [0.05, 0.1) is 35.5 Å². The molecule has 5 aromatic rings. The maximum Gasteiger partial charge on any atom is 0.338 e. The number of allylic oxidation sites excluding steroid dienone is 1. The van der Waals surface area contributed by atoms with Crippen molar-refractivity contribution in [3.63, 3.8) is 0 Å². The van der Waals surface area contributed by atoms with Gasteiger partial charge >= 0.3 is 5.97 Å². The Labute approximate surface area is 246 Å². The maximum absolute atomic E-state index is 14.5. The first-order valence-electron chi connectivity index (χ1n) is 13.8. The van der Waals surface area contributed by atoms with Gasteiger partial charge in [0.1, 0.15) is 5.82 Å². The van der Waals surface area contributed by atoms with Crippen molar-refractivity contribution in [3.05, 3.63) is 138 Å². The third-order valence-corrected chi connectivity index (χ3v) is 8.73. The maximum atomic E-state index is 14.5. The summed E-state index contributed by atoms with van der Waals surface area (Å²) in [5.74, 6) is -0.429. The Bertz CT molecular complexity index is 2050. The third kappa shape index (κ3) is 4.81. The van der Waals surface area contributed by atoms with Crippen molar-refractivity contribution in [1.29, 1.82) is 0 Å². The van der Waals surface area contributed by atoms with Gasteiger partial charge in [-0.1, -0.05) is 85.8 Å². The standard InChI is InChI=1S/C34H30FN3O3S/c1-20(2)22-13-15-23(16-14-22)31-30(33(40)41-4)21(3)36-34-38(31)32(39)29(42-34)17-25-19-37(28-12-8-6-10-26(25)28)18-24-9-5-7-11-27(24)35/h5-17,19-20,31H,18H2,1-4H3/b29-17-/t31-/m1/s1. The zero-order chi connectivity index (χ0) is 29.5. The van der Waals surface area contributed by atoms with Crippen LogP contribution in [0, 0.1) is 5.82 Å². The lowest BCUT2D eigenvalue weighted by molar-refractivity contribution is -0.136. The highest BCUT2D eigenvalue weighted by Gasteiger charge is 2.33. The van der Waals surface area contributed by atoms with Crippen molar-refractivity contribution in [3.8, 4) is 0 Å². The van der Waals surface area contributed by atoms with E-state index in [1.165, 1.54) is 30.1 Å². The van der Waals surface area contributed by atoms with Crippen molar-refractivity contribution in [1.82, 2.24) is 9.13 Å². The third-order valence-electron chi connectivity index (χ3n) is 7.75. The quantitative estimate of drug-likeness (QED) is 0.244. The molecule has 1 aliphatic heterocycles. The summed E-state index contributed by atoms with van der Waals surface area (Å²) in [4.78, 5) is 32.2. The summed E-state index contributed by atoms with van der Waals surface area (Å²) in [6.07, 6.45) is 3.81. The molecule has 0 aliphatic carbocycles. The van der Waals surface area contributed by atoms with Crippen LogP contribution in [0.15, 0.2) is 100 Å². The van der Waals surface area contributed by atoms with Gasteiger partial charge < -0.3 is 9.30 Å². The Balaban J connectivity index is 1.51. The summed E-state index contributed by atoms with van der Waals surface area (Å²) in [6.45, 7) is 6.37. The fraction of sp³-hybridized carbons (Fsp3) is 0.206. The number of carbonyl (C=O) groups is 1. The number of carbonyl (C=O) groups excluding carboxylic acids is 1. The van der Waals surface area contributed by atoms with Gasteiger partial charge in [-0.3, -0.25) is 9.36 Å². The lowest BCUT2D eigenvalue weighted by atomic mass is 9.93. The van der Waals surface area contributed by atoms with E-state index in [2.05, 4.69) is 18.8 Å². The number of esters is 1. The van der Waals surface area contributed by atoms with E-state index >= 15 is 0 Å². The number of fused-ring (bicyclic) bond motifs is 2. The van der Waals surface area contributed by atoms with Crippen LogP contribution in [0.4, 0.5) is 4.39 Å². The Hall–Kier alpha value is -4.56. The second-order valence-corrected chi connectivity index (χ2v) is 11.7. The molecule has 1 atom stereocenters. The molecule has 3 aromatic carbocycles. The molecule has 2 aromatic heterocycles. The van der Waals surface area contributed by atoms with Gasteiger partial charge in [0.2, 0.25) is 0 Å². The molecule has 0 unspecified atom stereocenters. The van der Waals surface area contributed by atoms with E-state index in [1.54, 1.807) is 23.6 Å². The lowest BCUT2D eigenvalue weighted by Crippen LogP contribution is -2.39. The van der Waals surface area contributed by atoms with Crippen molar-refractivity contribution in [2.45, 2.75) is 39.3 Å². The van der Waals surface area contributed by atoms with Crippen LogP contribution in [-0.4, -0.2) is 22.2 Å². The molecular formula is C34H30FN3O3S. The Morgan fingerprint density at radius 2 is 1.79 bits per heavy atom. The fourth-order valence-electron chi connectivity index (χ4n) is 5.54. The molecule has 1 aliphatic rings. The lowest BCUT2D eigenvalue weighted by Gasteiger charge is -2.24. The van der Waals surface area contributed by atoms with Crippen LogP contribution in [0.5, 0.6) is 0 Å². The van der Waals surface area contributed by atoms with Crippen molar-refractivity contribution < 1.29 is 13.9 Å². The summed E-state index contributed by atoms with van der Waals surface area (Å²) in [6, 6.07) is 21.9. The summed E-state index contributed by atoms with van der Waals surface area (Å²) >= 11 is 1.29. The zero-order valence-corrected chi connectivity index (χ0v) is 24.6. The summed E-state index contributed by atoms with van der Waals surface area (Å²) < 4.78 is 23.7. The molecule has 0 amide bonds. The molecule has 6 nitrogen and oxygen atoms in total. The first kappa shape index (κ1) is 27.6.